The molecule has 0 aromatic rings. The number of hydrogen-bond acceptors (Lipinski definition) is 5. The van der Waals surface area contributed by atoms with Gasteiger partial charge in [-0.2, -0.15) is 0 Å². The summed E-state index contributed by atoms with van der Waals surface area (Å²) >= 11 is 0. The molecule has 1 N–H and O–H groups in total. The van der Waals surface area contributed by atoms with Crippen LogP contribution in [-0.4, -0.2) is 43.2 Å². The van der Waals surface area contributed by atoms with Gasteiger partial charge in [0.05, 0.1) is 6.61 Å². The summed E-state index contributed by atoms with van der Waals surface area (Å²) in [6, 6.07) is 0. The van der Waals surface area contributed by atoms with Crippen molar-refractivity contribution in [1.82, 2.24) is 0 Å². The standard InChI is InChI=1S/C16H28O6/c1-13(17)7-8-14(12-15(18)19)9-11-22-16(20)6-4-3-5-10-21-2/h14H,3-12H2,1-2H3,(H,18,19). The van der Waals surface area contributed by atoms with Gasteiger partial charge < -0.3 is 19.4 Å². The van der Waals surface area contributed by atoms with Gasteiger partial charge in [-0.25, -0.2) is 0 Å². The van der Waals surface area contributed by atoms with Crippen LogP contribution in [0.1, 0.15) is 58.3 Å². The van der Waals surface area contributed by atoms with Crippen LogP contribution in [0.5, 0.6) is 0 Å². The topological polar surface area (TPSA) is 89.9 Å². The van der Waals surface area contributed by atoms with Crippen LogP contribution in [0.3, 0.4) is 0 Å². The number of carbonyl (C=O) groups excluding carboxylic acids is 2. The number of ketones is 1. The molecule has 6 nitrogen and oxygen atoms in total. The minimum atomic E-state index is -0.891. The third-order valence-electron chi connectivity index (χ3n) is 3.39. The van der Waals surface area contributed by atoms with Gasteiger partial charge in [-0.1, -0.05) is 6.42 Å². The maximum atomic E-state index is 11.5. The van der Waals surface area contributed by atoms with Crippen LogP contribution in [-0.2, 0) is 23.9 Å². The quantitative estimate of drug-likeness (QED) is 0.391. The Labute approximate surface area is 132 Å². The summed E-state index contributed by atoms with van der Waals surface area (Å²) in [6.45, 7) is 2.40. The third-order valence-corrected chi connectivity index (χ3v) is 3.39. The van der Waals surface area contributed by atoms with E-state index in [1.165, 1.54) is 6.92 Å². The number of carboxylic acid groups (broad SMARTS) is 1. The summed E-state index contributed by atoms with van der Waals surface area (Å²) < 4.78 is 10.0. The lowest BCUT2D eigenvalue weighted by molar-refractivity contribution is -0.144. The molecule has 0 rings (SSSR count). The normalized spacial score (nSPS) is 11.9. The summed E-state index contributed by atoms with van der Waals surface area (Å²) in [6.07, 6.45) is 4.36. The number of ether oxygens (including phenoxy) is 2. The van der Waals surface area contributed by atoms with Crippen LogP contribution in [0.15, 0.2) is 0 Å². The Morgan fingerprint density at radius 2 is 1.73 bits per heavy atom. The fraction of sp³-hybridized carbons (Fsp3) is 0.812. The number of hydrogen-bond donors (Lipinski definition) is 1. The first-order valence-electron chi connectivity index (χ1n) is 7.81. The van der Waals surface area contributed by atoms with Crippen molar-refractivity contribution in [3.05, 3.63) is 0 Å². The number of carboxylic acids is 1. The van der Waals surface area contributed by atoms with Gasteiger partial charge >= 0.3 is 11.9 Å². The second-order valence-corrected chi connectivity index (χ2v) is 5.52. The van der Waals surface area contributed by atoms with Crippen LogP contribution in [0.4, 0.5) is 0 Å². The van der Waals surface area contributed by atoms with E-state index in [1.807, 2.05) is 0 Å². The fourth-order valence-electron chi connectivity index (χ4n) is 2.11. The van der Waals surface area contributed by atoms with Crippen LogP contribution in [0, 0.1) is 5.92 Å². The SMILES string of the molecule is COCCCCCC(=O)OCCC(CCC(C)=O)CC(=O)O. The Hall–Kier alpha value is -1.43. The van der Waals surface area contributed by atoms with E-state index in [0.717, 1.165) is 19.3 Å². The summed E-state index contributed by atoms with van der Waals surface area (Å²) in [4.78, 5) is 33.3. The predicted octanol–water partition coefficient (Wildman–Crippen LogP) is 2.59. The van der Waals surface area contributed by atoms with Gasteiger partial charge in [0.2, 0.25) is 0 Å². The zero-order valence-corrected chi connectivity index (χ0v) is 13.6. The van der Waals surface area contributed by atoms with E-state index in [1.54, 1.807) is 7.11 Å². The molecule has 0 bridgehead atoms. The number of carbonyl (C=O) groups is 3. The largest absolute Gasteiger partial charge is 0.481 e. The highest BCUT2D eigenvalue weighted by atomic mass is 16.5. The molecular formula is C16H28O6. The molecule has 0 saturated carbocycles. The summed E-state index contributed by atoms with van der Waals surface area (Å²) in [5, 5.41) is 8.84. The van der Waals surface area contributed by atoms with Gasteiger partial charge in [-0.05, 0) is 38.5 Å². The Bertz CT molecular complexity index is 340. The second kappa shape index (κ2) is 13.2. The van der Waals surface area contributed by atoms with Crippen LogP contribution in [0.2, 0.25) is 0 Å². The molecule has 22 heavy (non-hydrogen) atoms. The monoisotopic (exact) mass is 316 g/mol. The summed E-state index contributed by atoms with van der Waals surface area (Å²) in [7, 11) is 1.65. The third kappa shape index (κ3) is 13.5. The van der Waals surface area contributed by atoms with E-state index in [4.69, 9.17) is 14.6 Å². The van der Waals surface area contributed by atoms with Crippen LogP contribution in [0.25, 0.3) is 0 Å². The molecule has 0 fully saturated rings. The van der Waals surface area contributed by atoms with Gasteiger partial charge in [-0.3, -0.25) is 9.59 Å². The number of Topliss-reactive ketones (excluding diaryl/α,β-unsaturated/α-hetero) is 1. The highest BCUT2D eigenvalue weighted by molar-refractivity contribution is 5.75. The molecule has 0 heterocycles. The number of esters is 1. The maximum Gasteiger partial charge on any atom is 0.305 e. The van der Waals surface area contributed by atoms with Crippen molar-refractivity contribution < 1.29 is 29.0 Å². The van der Waals surface area contributed by atoms with E-state index in [2.05, 4.69) is 0 Å². The lowest BCUT2D eigenvalue weighted by Gasteiger charge is -2.14. The fourth-order valence-corrected chi connectivity index (χ4v) is 2.11. The van der Waals surface area contributed by atoms with Gasteiger partial charge in [0.1, 0.15) is 5.78 Å². The van der Waals surface area contributed by atoms with Crippen molar-refractivity contribution in [2.24, 2.45) is 5.92 Å². The van der Waals surface area contributed by atoms with E-state index in [-0.39, 0.29) is 30.7 Å². The zero-order valence-electron chi connectivity index (χ0n) is 13.6. The second-order valence-electron chi connectivity index (χ2n) is 5.52. The Morgan fingerprint density at radius 1 is 1.00 bits per heavy atom. The lowest BCUT2D eigenvalue weighted by atomic mass is 9.95. The van der Waals surface area contributed by atoms with Crippen molar-refractivity contribution in [1.29, 1.82) is 0 Å². The number of rotatable bonds is 14. The number of aliphatic carboxylic acids is 1. The molecule has 0 spiro atoms. The average Bonchev–Trinajstić information content (AvgIpc) is 2.43. The maximum absolute atomic E-state index is 11.5. The van der Waals surface area contributed by atoms with Gasteiger partial charge in [0, 0.05) is 33.0 Å². The van der Waals surface area contributed by atoms with Crippen molar-refractivity contribution in [3.8, 4) is 0 Å². The minimum Gasteiger partial charge on any atom is -0.481 e. The van der Waals surface area contributed by atoms with Crippen LogP contribution >= 0.6 is 0 Å². The molecular weight excluding hydrogens is 288 g/mol. The van der Waals surface area contributed by atoms with E-state index in [0.29, 0.717) is 32.3 Å². The first-order chi connectivity index (χ1) is 10.5. The number of methoxy groups -OCH3 is 1. The molecule has 0 aromatic heterocycles. The first-order valence-corrected chi connectivity index (χ1v) is 7.81. The molecule has 6 heteroatoms. The highest BCUT2D eigenvalue weighted by Gasteiger charge is 2.15. The van der Waals surface area contributed by atoms with Crippen molar-refractivity contribution >= 4 is 17.7 Å². The lowest BCUT2D eigenvalue weighted by Crippen LogP contribution is -2.14. The average molecular weight is 316 g/mol. The predicted molar refractivity (Wildman–Crippen MR) is 81.6 cm³/mol. The zero-order chi connectivity index (χ0) is 16.8. The van der Waals surface area contributed by atoms with Crippen molar-refractivity contribution in [3.63, 3.8) is 0 Å². The van der Waals surface area contributed by atoms with E-state index in [9.17, 15) is 14.4 Å². The Kier molecular flexibility index (Phi) is 12.4. The summed E-state index contributed by atoms with van der Waals surface area (Å²) in [5.41, 5.74) is 0. The molecule has 0 amide bonds. The minimum absolute atomic E-state index is 0.00183. The van der Waals surface area contributed by atoms with E-state index < -0.39 is 5.97 Å². The summed E-state index contributed by atoms with van der Waals surface area (Å²) in [5.74, 6) is -1.23. The molecule has 0 aromatic carbocycles. The smallest absolute Gasteiger partial charge is 0.305 e. The molecule has 128 valence electrons. The molecule has 1 atom stereocenters. The molecule has 0 saturated heterocycles. The molecule has 0 aliphatic heterocycles. The first kappa shape index (κ1) is 20.6. The van der Waals surface area contributed by atoms with Crippen molar-refractivity contribution in [2.75, 3.05) is 20.3 Å². The molecule has 1 unspecified atom stereocenters. The highest BCUT2D eigenvalue weighted by Crippen LogP contribution is 2.16. The van der Waals surface area contributed by atoms with Gasteiger partial charge in [0.15, 0.2) is 0 Å². The Balaban J connectivity index is 3.82. The van der Waals surface area contributed by atoms with E-state index >= 15 is 0 Å². The molecule has 0 aliphatic rings. The van der Waals surface area contributed by atoms with Gasteiger partial charge in [-0.15, -0.1) is 0 Å². The Morgan fingerprint density at radius 3 is 2.32 bits per heavy atom. The number of unbranched alkanes of at least 4 members (excludes halogenated alkanes) is 2. The van der Waals surface area contributed by atoms with Crippen molar-refractivity contribution in [2.45, 2.75) is 58.3 Å². The molecule has 0 aliphatic carbocycles. The molecule has 0 radical (unpaired) electrons. The van der Waals surface area contributed by atoms with Gasteiger partial charge in [0.25, 0.3) is 0 Å². The van der Waals surface area contributed by atoms with Crippen LogP contribution < -0.4 is 0 Å².